The van der Waals surface area contributed by atoms with E-state index in [4.69, 9.17) is 4.74 Å². The van der Waals surface area contributed by atoms with Crippen LogP contribution in [0.1, 0.15) is 25.7 Å². The van der Waals surface area contributed by atoms with Gasteiger partial charge in [0.15, 0.2) is 0 Å². The number of methoxy groups -OCH3 is 1. The molecule has 4 atom stereocenters. The van der Waals surface area contributed by atoms with E-state index in [9.17, 15) is 15.0 Å². The Morgan fingerprint density at radius 2 is 2.18 bits per heavy atom. The van der Waals surface area contributed by atoms with Crippen LogP contribution in [0.2, 0.25) is 0 Å². The second-order valence-corrected chi connectivity index (χ2v) is 4.98. The monoisotopic (exact) mass is 243 g/mol. The second-order valence-electron chi connectivity index (χ2n) is 4.98. The predicted octanol–water partition coefficient (Wildman–Crippen LogP) is -0.244. The zero-order chi connectivity index (χ0) is 12.4. The maximum atomic E-state index is 11.8. The molecule has 2 saturated heterocycles. The molecule has 0 aliphatic carbocycles. The van der Waals surface area contributed by atoms with Crippen molar-refractivity contribution in [2.45, 2.75) is 43.9 Å². The molecule has 0 unspecified atom stereocenters. The Hall–Kier alpha value is -0.650. The van der Waals surface area contributed by atoms with E-state index >= 15 is 0 Å². The van der Waals surface area contributed by atoms with Crippen molar-refractivity contribution in [3.05, 3.63) is 0 Å². The summed E-state index contributed by atoms with van der Waals surface area (Å²) in [5, 5.41) is 19.4. The lowest BCUT2D eigenvalue weighted by molar-refractivity contribution is -0.152. The van der Waals surface area contributed by atoms with Crippen molar-refractivity contribution < 1.29 is 19.7 Å². The van der Waals surface area contributed by atoms with Crippen LogP contribution in [0.25, 0.3) is 0 Å². The van der Waals surface area contributed by atoms with E-state index in [-0.39, 0.29) is 24.7 Å². The zero-order valence-corrected chi connectivity index (χ0v) is 10.2. The number of rotatable bonds is 2. The van der Waals surface area contributed by atoms with Gasteiger partial charge in [-0.2, -0.15) is 0 Å². The van der Waals surface area contributed by atoms with Gasteiger partial charge in [0, 0.05) is 12.1 Å². The quantitative estimate of drug-likeness (QED) is 0.655. The second kappa shape index (κ2) is 5.33. The molecular formula is C12H21NO4. The van der Waals surface area contributed by atoms with Crippen LogP contribution < -0.4 is 0 Å². The first kappa shape index (κ1) is 12.8. The fourth-order valence-corrected chi connectivity index (χ4v) is 3.27. The Labute approximate surface area is 101 Å². The molecule has 2 fully saturated rings. The zero-order valence-electron chi connectivity index (χ0n) is 10.2. The van der Waals surface area contributed by atoms with Crippen molar-refractivity contribution in [3.8, 4) is 0 Å². The van der Waals surface area contributed by atoms with E-state index in [0.717, 1.165) is 25.8 Å². The lowest BCUT2D eigenvalue weighted by atomic mass is 9.91. The van der Waals surface area contributed by atoms with Crippen LogP contribution in [-0.2, 0) is 9.53 Å². The van der Waals surface area contributed by atoms with Crippen LogP contribution in [-0.4, -0.2) is 59.5 Å². The Bertz CT molecular complexity index is 284. The van der Waals surface area contributed by atoms with Crippen LogP contribution >= 0.6 is 0 Å². The van der Waals surface area contributed by atoms with Gasteiger partial charge in [0.2, 0.25) is 0 Å². The van der Waals surface area contributed by atoms with Crippen molar-refractivity contribution in [2.75, 3.05) is 20.3 Å². The predicted molar refractivity (Wildman–Crippen MR) is 61.3 cm³/mol. The Morgan fingerprint density at radius 3 is 2.82 bits per heavy atom. The van der Waals surface area contributed by atoms with Gasteiger partial charge in [-0.25, -0.2) is 0 Å². The van der Waals surface area contributed by atoms with Crippen LogP contribution in [0, 0.1) is 5.92 Å². The first-order valence-corrected chi connectivity index (χ1v) is 6.31. The summed E-state index contributed by atoms with van der Waals surface area (Å²) in [6.45, 7) is 0.973. The normalized spacial score (nSPS) is 38.5. The SMILES string of the molecule is COC(=O)[C@H]1[C@@H](O)CCCN2[C@H](CO)CC[C@@H]12. The molecule has 98 valence electrons. The van der Waals surface area contributed by atoms with Crippen molar-refractivity contribution >= 4 is 5.97 Å². The standard InChI is InChI=1S/C12H21NO4/c1-17-12(16)11-9-5-4-8(7-14)13(9)6-2-3-10(11)15/h8-11,14-15H,2-7H2,1H3/t8-,9-,10-,11+/m0/s1. The molecule has 0 bridgehead atoms. The molecule has 2 rings (SSSR count). The van der Waals surface area contributed by atoms with Crippen LogP contribution in [0.15, 0.2) is 0 Å². The Morgan fingerprint density at radius 1 is 1.41 bits per heavy atom. The fourth-order valence-electron chi connectivity index (χ4n) is 3.27. The van der Waals surface area contributed by atoms with Gasteiger partial charge in [0.1, 0.15) is 0 Å². The minimum atomic E-state index is -0.616. The molecule has 0 amide bonds. The molecule has 0 aromatic carbocycles. The van der Waals surface area contributed by atoms with E-state index in [0.29, 0.717) is 6.42 Å². The van der Waals surface area contributed by atoms with Crippen molar-refractivity contribution in [3.63, 3.8) is 0 Å². The third-order valence-electron chi connectivity index (χ3n) is 4.12. The highest BCUT2D eigenvalue weighted by atomic mass is 16.5. The van der Waals surface area contributed by atoms with E-state index in [1.807, 2.05) is 0 Å². The van der Waals surface area contributed by atoms with Gasteiger partial charge in [-0.3, -0.25) is 9.69 Å². The molecule has 2 aliphatic heterocycles. The van der Waals surface area contributed by atoms with Gasteiger partial charge in [-0.05, 0) is 32.2 Å². The van der Waals surface area contributed by atoms with Gasteiger partial charge < -0.3 is 14.9 Å². The minimum Gasteiger partial charge on any atom is -0.469 e. The summed E-state index contributed by atoms with van der Waals surface area (Å²) in [4.78, 5) is 14.0. The third kappa shape index (κ3) is 2.32. The summed E-state index contributed by atoms with van der Waals surface area (Å²) in [6.07, 6.45) is 2.62. The number of carbonyl (C=O) groups is 1. The van der Waals surface area contributed by atoms with Gasteiger partial charge in [0.05, 0.1) is 25.7 Å². The minimum absolute atomic E-state index is 0.0251. The summed E-state index contributed by atoms with van der Waals surface area (Å²) in [5.74, 6) is -0.785. The maximum Gasteiger partial charge on any atom is 0.312 e. The van der Waals surface area contributed by atoms with Crippen LogP contribution in [0.3, 0.4) is 0 Å². The molecule has 0 aromatic rings. The van der Waals surface area contributed by atoms with E-state index in [1.165, 1.54) is 7.11 Å². The molecule has 5 heteroatoms. The van der Waals surface area contributed by atoms with Crippen LogP contribution in [0.5, 0.6) is 0 Å². The maximum absolute atomic E-state index is 11.8. The van der Waals surface area contributed by atoms with E-state index in [1.54, 1.807) is 0 Å². The van der Waals surface area contributed by atoms with Crippen molar-refractivity contribution in [1.82, 2.24) is 4.90 Å². The number of nitrogens with zero attached hydrogens (tertiary/aromatic N) is 1. The summed E-state index contributed by atoms with van der Waals surface area (Å²) >= 11 is 0. The van der Waals surface area contributed by atoms with Crippen molar-refractivity contribution in [2.24, 2.45) is 5.92 Å². The highest BCUT2D eigenvalue weighted by molar-refractivity contribution is 5.74. The first-order valence-electron chi connectivity index (χ1n) is 6.31. The first-order chi connectivity index (χ1) is 8.19. The lowest BCUT2D eigenvalue weighted by Gasteiger charge is -2.31. The van der Waals surface area contributed by atoms with Gasteiger partial charge >= 0.3 is 5.97 Å². The van der Waals surface area contributed by atoms with E-state index in [2.05, 4.69) is 4.90 Å². The summed E-state index contributed by atoms with van der Waals surface area (Å²) in [6, 6.07) is 0.162. The van der Waals surface area contributed by atoms with Gasteiger partial charge in [0.25, 0.3) is 0 Å². The number of carbonyl (C=O) groups excluding carboxylic acids is 1. The van der Waals surface area contributed by atoms with Crippen molar-refractivity contribution in [1.29, 1.82) is 0 Å². The number of ether oxygens (including phenoxy) is 1. The Balaban J connectivity index is 2.19. The molecule has 2 aliphatic rings. The Kier molecular flexibility index (Phi) is 4.01. The molecule has 0 spiro atoms. The average Bonchev–Trinajstić information content (AvgIpc) is 2.65. The number of esters is 1. The molecule has 0 saturated carbocycles. The van der Waals surface area contributed by atoms with E-state index < -0.39 is 12.0 Å². The number of hydrogen-bond acceptors (Lipinski definition) is 5. The van der Waals surface area contributed by atoms with Gasteiger partial charge in [-0.15, -0.1) is 0 Å². The lowest BCUT2D eigenvalue weighted by Crippen LogP contribution is -2.46. The number of aliphatic hydroxyl groups is 2. The highest BCUT2D eigenvalue weighted by Crippen LogP contribution is 2.35. The third-order valence-corrected chi connectivity index (χ3v) is 4.12. The van der Waals surface area contributed by atoms with Crippen LogP contribution in [0.4, 0.5) is 0 Å². The largest absolute Gasteiger partial charge is 0.469 e. The summed E-state index contributed by atoms with van der Waals surface area (Å²) in [5.41, 5.74) is 0. The molecular weight excluding hydrogens is 222 g/mol. The smallest absolute Gasteiger partial charge is 0.312 e. The topological polar surface area (TPSA) is 70.0 Å². The molecule has 0 aromatic heterocycles. The summed E-state index contributed by atoms with van der Waals surface area (Å²) < 4.78 is 4.80. The molecule has 17 heavy (non-hydrogen) atoms. The highest BCUT2D eigenvalue weighted by Gasteiger charge is 2.45. The van der Waals surface area contributed by atoms with Gasteiger partial charge in [-0.1, -0.05) is 0 Å². The number of aliphatic hydroxyl groups excluding tert-OH is 2. The average molecular weight is 243 g/mol. The number of fused-ring (bicyclic) bond motifs is 1. The molecule has 2 N–H and O–H groups in total. The number of hydrogen-bond donors (Lipinski definition) is 2. The molecule has 2 heterocycles. The summed E-state index contributed by atoms with van der Waals surface area (Å²) in [7, 11) is 1.36. The fraction of sp³-hybridized carbons (Fsp3) is 0.917. The molecule has 5 nitrogen and oxygen atoms in total. The molecule has 0 radical (unpaired) electrons.